The van der Waals surface area contributed by atoms with Crippen LogP contribution in [0.2, 0.25) is 0 Å². The molecule has 0 saturated carbocycles. The van der Waals surface area contributed by atoms with Gasteiger partial charge >= 0.3 is 15.8 Å². The van der Waals surface area contributed by atoms with E-state index in [0.717, 1.165) is 12.1 Å². The number of benzene rings is 2. The van der Waals surface area contributed by atoms with Gasteiger partial charge in [-0.05, 0) is 24.3 Å². The number of diazo groups is 1. The SMILES string of the molecule is N#[N+]c1ccc(NC(=O)c2ccccc2)cc1S(=O)(=O)O. The molecule has 0 saturated heterocycles. The monoisotopic (exact) mass is 304 g/mol. The van der Waals surface area contributed by atoms with Crippen LogP contribution in [-0.4, -0.2) is 18.9 Å². The minimum Gasteiger partial charge on any atom is -0.322 e. The molecule has 106 valence electrons. The molecular weight excluding hydrogens is 294 g/mol. The predicted molar refractivity (Wildman–Crippen MR) is 75.4 cm³/mol. The number of rotatable bonds is 3. The summed E-state index contributed by atoms with van der Waals surface area (Å²) in [5, 5.41) is 11.2. The zero-order chi connectivity index (χ0) is 15.5. The van der Waals surface area contributed by atoms with Crippen molar-refractivity contribution in [3.63, 3.8) is 0 Å². The van der Waals surface area contributed by atoms with Gasteiger partial charge in [-0.1, -0.05) is 18.2 Å². The summed E-state index contributed by atoms with van der Waals surface area (Å²) in [5.74, 6) is -0.439. The van der Waals surface area contributed by atoms with E-state index < -0.39 is 20.9 Å². The van der Waals surface area contributed by atoms with E-state index in [9.17, 15) is 13.2 Å². The first kappa shape index (κ1) is 14.6. The maximum Gasteiger partial charge on any atom is 0.406 e. The topological polar surface area (TPSA) is 112 Å². The maximum atomic E-state index is 11.9. The lowest BCUT2D eigenvalue weighted by molar-refractivity contribution is 0.102. The lowest BCUT2D eigenvalue weighted by Crippen LogP contribution is -2.12. The van der Waals surface area contributed by atoms with Gasteiger partial charge in [-0.15, -0.1) is 0 Å². The van der Waals surface area contributed by atoms with Crippen LogP contribution in [0.4, 0.5) is 11.4 Å². The molecule has 0 aromatic heterocycles. The second kappa shape index (κ2) is 5.70. The molecule has 0 aliphatic rings. The minimum absolute atomic E-state index is 0.142. The highest BCUT2D eigenvalue weighted by Gasteiger charge is 2.25. The number of carbonyl (C=O) groups is 1. The van der Waals surface area contributed by atoms with E-state index in [1.807, 2.05) is 0 Å². The quantitative estimate of drug-likeness (QED) is 0.668. The first-order chi connectivity index (χ1) is 9.91. The highest BCUT2D eigenvalue weighted by Crippen LogP contribution is 2.27. The minimum atomic E-state index is -4.57. The molecule has 7 nitrogen and oxygen atoms in total. The molecule has 0 spiro atoms. The van der Waals surface area contributed by atoms with E-state index in [1.165, 1.54) is 6.07 Å². The molecule has 0 atom stereocenters. The average Bonchev–Trinajstić information content (AvgIpc) is 2.47. The zero-order valence-corrected chi connectivity index (χ0v) is 11.4. The number of nitrogens with zero attached hydrogens (tertiary/aromatic N) is 2. The van der Waals surface area contributed by atoms with E-state index in [1.54, 1.807) is 30.3 Å². The molecule has 0 fully saturated rings. The molecular formula is C13H10N3O4S+. The number of anilines is 1. The van der Waals surface area contributed by atoms with Gasteiger partial charge in [0.1, 0.15) is 0 Å². The fourth-order valence-electron chi connectivity index (χ4n) is 1.67. The summed E-state index contributed by atoms with van der Waals surface area (Å²) < 4.78 is 31.4. The molecule has 8 heteroatoms. The van der Waals surface area contributed by atoms with Crippen molar-refractivity contribution in [2.75, 3.05) is 5.32 Å². The van der Waals surface area contributed by atoms with Gasteiger partial charge in [-0.25, -0.2) is 0 Å². The van der Waals surface area contributed by atoms with Gasteiger partial charge in [0.05, 0.1) is 0 Å². The van der Waals surface area contributed by atoms with Crippen molar-refractivity contribution in [2.24, 2.45) is 0 Å². The molecule has 0 heterocycles. The first-order valence-electron chi connectivity index (χ1n) is 5.75. The van der Waals surface area contributed by atoms with Crippen molar-refractivity contribution >= 4 is 27.4 Å². The molecule has 0 bridgehead atoms. The Morgan fingerprint density at radius 3 is 2.38 bits per heavy atom. The van der Waals surface area contributed by atoms with Gasteiger partial charge in [-0.3, -0.25) is 9.35 Å². The Kier molecular flexibility index (Phi) is 3.98. The van der Waals surface area contributed by atoms with Crippen LogP contribution >= 0.6 is 0 Å². The third-order valence-electron chi connectivity index (χ3n) is 2.64. The Morgan fingerprint density at radius 1 is 1.14 bits per heavy atom. The summed E-state index contributed by atoms with van der Waals surface area (Å²) in [6, 6.07) is 11.8. The second-order valence-electron chi connectivity index (χ2n) is 4.08. The summed E-state index contributed by atoms with van der Waals surface area (Å²) in [7, 11) is -4.57. The van der Waals surface area contributed by atoms with Gasteiger partial charge in [-0.2, -0.15) is 8.42 Å². The molecule has 1 amide bonds. The smallest absolute Gasteiger partial charge is 0.322 e. The summed E-state index contributed by atoms with van der Waals surface area (Å²) in [4.78, 5) is 14.1. The van der Waals surface area contributed by atoms with Crippen molar-refractivity contribution in [2.45, 2.75) is 4.90 Å². The molecule has 0 aliphatic carbocycles. The normalized spacial score (nSPS) is 10.7. The maximum absolute atomic E-state index is 11.9. The van der Waals surface area contributed by atoms with Gasteiger partial charge in [0.15, 0.2) is 9.87 Å². The summed E-state index contributed by atoms with van der Waals surface area (Å²) in [5.41, 5.74) is 0.209. The Morgan fingerprint density at radius 2 is 1.81 bits per heavy atom. The van der Waals surface area contributed by atoms with Crippen molar-refractivity contribution < 1.29 is 17.8 Å². The molecule has 2 aromatic rings. The van der Waals surface area contributed by atoms with Crippen LogP contribution in [-0.2, 0) is 10.1 Å². The largest absolute Gasteiger partial charge is 0.406 e. The lowest BCUT2D eigenvalue weighted by atomic mass is 10.2. The number of hydrogen-bond donors (Lipinski definition) is 2. The molecule has 2 aromatic carbocycles. The summed E-state index contributed by atoms with van der Waals surface area (Å²) in [6.07, 6.45) is 0. The van der Waals surface area contributed by atoms with Crippen LogP contribution in [0.3, 0.4) is 0 Å². The van der Waals surface area contributed by atoms with E-state index in [0.29, 0.717) is 5.56 Å². The molecule has 0 aliphatic heterocycles. The van der Waals surface area contributed by atoms with E-state index in [4.69, 9.17) is 9.95 Å². The molecule has 0 unspecified atom stereocenters. The third-order valence-corrected chi connectivity index (χ3v) is 3.52. The van der Waals surface area contributed by atoms with Crippen molar-refractivity contribution in [1.82, 2.24) is 0 Å². The Balaban J connectivity index is 2.35. The number of nitrogens with one attached hydrogen (secondary N) is 1. The Bertz CT molecular complexity index is 826. The highest BCUT2D eigenvalue weighted by molar-refractivity contribution is 7.86. The van der Waals surface area contributed by atoms with E-state index in [-0.39, 0.29) is 11.4 Å². The Hall–Kier alpha value is -2.76. The van der Waals surface area contributed by atoms with Gasteiger partial charge in [0.2, 0.25) is 5.39 Å². The third kappa shape index (κ3) is 3.42. The fourth-order valence-corrected chi connectivity index (χ4v) is 2.32. The van der Waals surface area contributed by atoms with E-state index >= 15 is 0 Å². The van der Waals surface area contributed by atoms with Crippen LogP contribution in [0.5, 0.6) is 0 Å². The number of hydrogen-bond acceptors (Lipinski definition) is 4. The summed E-state index contributed by atoms with van der Waals surface area (Å²) >= 11 is 0. The fraction of sp³-hybridized carbons (Fsp3) is 0. The lowest BCUT2D eigenvalue weighted by Gasteiger charge is -2.05. The highest BCUT2D eigenvalue weighted by atomic mass is 32.2. The number of amides is 1. The van der Waals surface area contributed by atoms with Gasteiger partial charge in [0.25, 0.3) is 5.91 Å². The van der Waals surface area contributed by atoms with Crippen molar-refractivity contribution in [3.05, 3.63) is 59.1 Å². The average molecular weight is 304 g/mol. The predicted octanol–water partition coefficient (Wildman–Crippen LogP) is 2.67. The van der Waals surface area contributed by atoms with Gasteiger partial charge in [0, 0.05) is 17.3 Å². The van der Waals surface area contributed by atoms with Crippen molar-refractivity contribution in [3.8, 4) is 0 Å². The first-order valence-corrected chi connectivity index (χ1v) is 7.19. The zero-order valence-electron chi connectivity index (χ0n) is 10.6. The molecule has 2 N–H and O–H groups in total. The van der Waals surface area contributed by atoms with Crippen LogP contribution in [0.1, 0.15) is 10.4 Å². The second-order valence-corrected chi connectivity index (χ2v) is 5.47. The van der Waals surface area contributed by atoms with E-state index in [2.05, 4.69) is 10.3 Å². The Labute approximate surface area is 120 Å². The molecule has 0 radical (unpaired) electrons. The number of carbonyl (C=O) groups excluding carboxylic acids is 1. The van der Waals surface area contributed by atoms with Crippen LogP contribution in [0, 0.1) is 5.39 Å². The van der Waals surface area contributed by atoms with Crippen LogP contribution in [0.15, 0.2) is 53.4 Å². The molecule has 2 rings (SSSR count). The van der Waals surface area contributed by atoms with Crippen LogP contribution in [0.25, 0.3) is 4.98 Å². The van der Waals surface area contributed by atoms with Gasteiger partial charge < -0.3 is 5.32 Å². The molecule has 21 heavy (non-hydrogen) atoms. The van der Waals surface area contributed by atoms with Crippen molar-refractivity contribution in [1.29, 1.82) is 5.39 Å². The standard InChI is InChI=1S/C13H9N3O4S/c14-16-11-7-6-10(8-12(11)21(18,19)20)15-13(17)9-4-2-1-3-5-9/h1-8H,(H-,15,17,18,19,20)/p+1. The van der Waals surface area contributed by atoms with Crippen LogP contribution < -0.4 is 5.32 Å². The summed E-state index contributed by atoms with van der Waals surface area (Å²) in [6.45, 7) is 0.